The van der Waals surface area contributed by atoms with Crippen molar-refractivity contribution in [3.8, 4) is 5.75 Å². The van der Waals surface area contributed by atoms with Crippen molar-refractivity contribution >= 4 is 17.6 Å². The molecule has 0 radical (unpaired) electrons. The number of esters is 1. The number of likely N-dealkylation sites (N-methyl/N-ethyl adjacent to an activating group) is 2. The number of hydrogen-bond donors (Lipinski definition) is 2. The van der Waals surface area contributed by atoms with Gasteiger partial charge < -0.3 is 20.1 Å². The lowest BCUT2D eigenvalue weighted by Crippen LogP contribution is -2.40. The predicted molar refractivity (Wildman–Crippen MR) is 83.0 cm³/mol. The van der Waals surface area contributed by atoms with Crippen LogP contribution < -0.4 is 10.2 Å². The molecule has 0 saturated heterocycles. The summed E-state index contributed by atoms with van der Waals surface area (Å²) in [6, 6.07) is 4.48. The number of rotatable bonds is 5. The average Bonchev–Trinajstić information content (AvgIpc) is 2.69. The van der Waals surface area contributed by atoms with Gasteiger partial charge in [-0.25, -0.2) is 0 Å². The Labute approximate surface area is 130 Å². The van der Waals surface area contributed by atoms with Crippen LogP contribution in [-0.4, -0.2) is 44.2 Å². The highest BCUT2D eigenvalue weighted by atomic mass is 16.5. The molecule has 120 valence electrons. The van der Waals surface area contributed by atoms with Crippen LogP contribution in [0.1, 0.15) is 25.3 Å². The molecule has 2 atom stereocenters. The van der Waals surface area contributed by atoms with Gasteiger partial charge in [0.05, 0.1) is 12.5 Å². The van der Waals surface area contributed by atoms with Crippen LogP contribution in [-0.2, 0) is 19.7 Å². The van der Waals surface area contributed by atoms with E-state index in [0.29, 0.717) is 12.8 Å². The number of nitrogens with one attached hydrogen (secondary N) is 1. The maximum atomic E-state index is 12.6. The maximum Gasteiger partial charge on any atom is 0.322 e. The van der Waals surface area contributed by atoms with E-state index < -0.39 is 11.5 Å². The van der Waals surface area contributed by atoms with Gasteiger partial charge in [-0.15, -0.1) is 0 Å². The van der Waals surface area contributed by atoms with Gasteiger partial charge in [0.15, 0.2) is 0 Å². The minimum atomic E-state index is -0.758. The number of aromatic hydroxyl groups is 1. The Morgan fingerprint density at radius 3 is 2.77 bits per heavy atom. The summed E-state index contributed by atoms with van der Waals surface area (Å²) in [6.45, 7) is 1.85. The van der Waals surface area contributed by atoms with Gasteiger partial charge in [0.25, 0.3) is 0 Å². The Bertz CT molecular complexity index is 602. The second-order valence-corrected chi connectivity index (χ2v) is 5.80. The third kappa shape index (κ3) is 2.54. The fourth-order valence-corrected chi connectivity index (χ4v) is 3.05. The van der Waals surface area contributed by atoms with Crippen molar-refractivity contribution in [1.29, 1.82) is 0 Å². The van der Waals surface area contributed by atoms with Crippen molar-refractivity contribution in [3.63, 3.8) is 0 Å². The normalized spacial score (nSPS) is 21.6. The highest BCUT2D eigenvalue weighted by molar-refractivity contribution is 6.07. The molecular weight excluding hydrogens is 284 g/mol. The molecule has 1 amide bonds. The lowest BCUT2D eigenvalue weighted by atomic mass is 9.78. The number of fused-ring (bicyclic) bond motifs is 1. The Hall–Kier alpha value is -2.08. The van der Waals surface area contributed by atoms with E-state index in [9.17, 15) is 14.7 Å². The zero-order valence-corrected chi connectivity index (χ0v) is 13.3. The molecule has 0 saturated carbocycles. The number of hydrogen-bond acceptors (Lipinski definition) is 5. The minimum absolute atomic E-state index is 0.0344. The molecule has 0 aliphatic carbocycles. The van der Waals surface area contributed by atoms with Gasteiger partial charge in [-0.05, 0) is 50.6 Å². The SMILES string of the molecule is CN[C@H](CC[C@@]1(C)C(=O)N(C)c2ccc(O)cc21)C(=O)OC. The number of carbonyl (C=O) groups is 2. The number of phenols is 1. The van der Waals surface area contributed by atoms with E-state index in [0.717, 1.165) is 11.3 Å². The average molecular weight is 306 g/mol. The third-order valence-electron chi connectivity index (χ3n) is 4.48. The molecule has 0 unspecified atom stereocenters. The molecule has 6 nitrogen and oxygen atoms in total. The largest absolute Gasteiger partial charge is 0.508 e. The van der Waals surface area contributed by atoms with Crippen LogP contribution in [0.5, 0.6) is 5.75 Å². The van der Waals surface area contributed by atoms with Gasteiger partial charge >= 0.3 is 5.97 Å². The van der Waals surface area contributed by atoms with Crippen molar-refractivity contribution < 1.29 is 19.4 Å². The monoisotopic (exact) mass is 306 g/mol. The molecular formula is C16H22N2O4. The molecule has 1 aliphatic heterocycles. The summed E-state index contributed by atoms with van der Waals surface area (Å²) < 4.78 is 4.75. The van der Waals surface area contributed by atoms with Crippen LogP contribution >= 0.6 is 0 Å². The number of nitrogens with zero attached hydrogens (tertiary/aromatic N) is 1. The fourth-order valence-electron chi connectivity index (χ4n) is 3.05. The number of phenolic OH excluding ortho intramolecular Hbond substituents is 1. The van der Waals surface area contributed by atoms with Crippen LogP contribution in [0.3, 0.4) is 0 Å². The van der Waals surface area contributed by atoms with E-state index in [1.54, 1.807) is 37.2 Å². The summed E-state index contributed by atoms with van der Waals surface area (Å²) in [5, 5.41) is 12.6. The van der Waals surface area contributed by atoms with Crippen molar-refractivity contribution in [2.75, 3.05) is 26.1 Å². The van der Waals surface area contributed by atoms with Gasteiger partial charge in [0.2, 0.25) is 5.91 Å². The van der Waals surface area contributed by atoms with Crippen LogP contribution in [0, 0.1) is 0 Å². The molecule has 0 fully saturated rings. The molecule has 2 rings (SSSR count). The van der Waals surface area contributed by atoms with Crippen molar-refractivity contribution in [3.05, 3.63) is 23.8 Å². The van der Waals surface area contributed by atoms with Crippen LogP contribution in [0.25, 0.3) is 0 Å². The molecule has 0 bridgehead atoms. The minimum Gasteiger partial charge on any atom is -0.508 e. The fraction of sp³-hybridized carbons (Fsp3) is 0.500. The first kappa shape index (κ1) is 16.3. The van der Waals surface area contributed by atoms with Crippen LogP contribution in [0.15, 0.2) is 18.2 Å². The maximum absolute atomic E-state index is 12.6. The van der Waals surface area contributed by atoms with E-state index in [4.69, 9.17) is 4.74 Å². The van der Waals surface area contributed by atoms with Gasteiger partial charge in [0.1, 0.15) is 11.8 Å². The summed E-state index contributed by atoms with van der Waals surface area (Å²) in [6.07, 6.45) is 0.946. The first-order valence-corrected chi connectivity index (χ1v) is 7.22. The molecule has 1 aromatic rings. The highest BCUT2D eigenvalue weighted by Gasteiger charge is 2.46. The predicted octanol–water partition coefficient (Wildman–Crippen LogP) is 1.17. The van der Waals surface area contributed by atoms with Gasteiger partial charge in [-0.2, -0.15) is 0 Å². The standard InChI is InChI=1S/C16H22N2O4/c1-16(8-7-12(17-2)14(20)22-4)11-9-10(19)5-6-13(11)18(3)15(16)21/h5-6,9,12,17,19H,7-8H2,1-4H3/t12-,16-/m1/s1. The third-order valence-corrected chi connectivity index (χ3v) is 4.48. The van der Waals surface area contributed by atoms with Gasteiger partial charge in [-0.1, -0.05) is 0 Å². The van der Waals surface area contributed by atoms with Gasteiger partial charge in [-0.3, -0.25) is 9.59 Å². The number of methoxy groups -OCH3 is 1. The number of anilines is 1. The topological polar surface area (TPSA) is 78.9 Å². The Morgan fingerprint density at radius 1 is 1.50 bits per heavy atom. The summed E-state index contributed by atoms with van der Waals surface area (Å²) in [5.74, 6) is -0.250. The molecule has 6 heteroatoms. The molecule has 0 aromatic heterocycles. The first-order chi connectivity index (χ1) is 10.3. The van der Waals surface area contributed by atoms with E-state index in [1.807, 2.05) is 6.92 Å². The van der Waals surface area contributed by atoms with Crippen molar-refractivity contribution in [2.45, 2.75) is 31.2 Å². The molecule has 22 heavy (non-hydrogen) atoms. The van der Waals surface area contributed by atoms with Gasteiger partial charge in [0, 0.05) is 12.7 Å². The molecule has 1 heterocycles. The summed E-state index contributed by atoms with van der Waals surface area (Å²) in [4.78, 5) is 25.9. The number of ether oxygens (including phenoxy) is 1. The Morgan fingerprint density at radius 2 is 2.18 bits per heavy atom. The van der Waals surface area contributed by atoms with E-state index in [1.165, 1.54) is 7.11 Å². The molecule has 1 aromatic carbocycles. The lowest BCUT2D eigenvalue weighted by Gasteiger charge is -2.25. The number of benzene rings is 1. The first-order valence-electron chi connectivity index (χ1n) is 7.22. The number of amides is 1. The second kappa shape index (κ2) is 5.96. The lowest BCUT2D eigenvalue weighted by molar-refractivity contribution is -0.143. The highest BCUT2D eigenvalue weighted by Crippen LogP contribution is 2.45. The quantitative estimate of drug-likeness (QED) is 0.798. The van der Waals surface area contributed by atoms with E-state index >= 15 is 0 Å². The zero-order chi connectivity index (χ0) is 16.5. The molecule has 1 aliphatic rings. The Kier molecular flexibility index (Phi) is 4.42. The summed E-state index contributed by atoms with van der Waals surface area (Å²) >= 11 is 0. The Balaban J connectivity index is 2.28. The van der Waals surface area contributed by atoms with E-state index in [-0.39, 0.29) is 17.6 Å². The van der Waals surface area contributed by atoms with Crippen LogP contribution in [0.2, 0.25) is 0 Å². The second-order valence-electron chi connectivity index (χ2n) is 5.80. The van der Waals surface area contributed by atoms with Crippen LogP contribution in [0.4, 0.5) is 5.69 Å². The summed E-state index contributed by atoms with van der Waals surface area (Å²) in [5.41, 5.74) is 0.829. The number of carbonyl (C=O) groups excluding carboxylic acids is 2. The molecule has 0 spiro atoms. The van der Waals surface area contributed by atoms with Crippen molar-refractivity contribution in [1.82, 2.24) is 5.32 Å². The zero-order valence-electron chi connectivity index (χ0n) is 13.3. The molecule has 2 N–H and O–H groups in total. The van der Waals surface area contributed by atoms with E-state index in [2.05, 4.69) is 5.32 Å². The summed E-state index contributed by atoms with van der Waals surface area (Å²) in [7, 11) is 4.75. The smallest absolute Gasteiger partial charge is 0.322 e. The van der Waals surface area contributed by atoms with Crippen molar-refractivity contribution in [2.24, 2.45) is 0 Å².